The summed E-state index contributed by atoms with van der Waals surface area (Å²) in [5.41, 5.74) is 9.97. The van der Waals surface area contributed by atoms with Crippen molar-refractivity contribution in [2.45, 2.75) is 19.3 Å². The molecule has 6 aromatic rings. The average Bonchev–Trinajstić information content (AvgIpc) is 3.24. The number of aromatic nitrogens is 1. The van der Waals surface area contributed by atoms with Crippen molar-refractivity contribution in [3.63, 3.8) is 0 Å². The maximum atomic E-state index is 2.41. The minimum Gasteiger partial charge on any atom is -0.310 e. The van der Waals surface area contributed by atoms with E-state index in [-0.39, 0.29) is 5.41 Å². The van der Waals surface area contributed by atoms with E-state index in [4.69, 9.17) is 0 Å². The molecule has 35 heavy (non-hydrogen) atoms. The Morgan fingerprint density at radius 2 is 0.886 bits per heavy atom. The molecule has 2 heteroatoms. The maximum absolute atomic E-state index is 2.41. The van der Waals surface area contributed by atoms with Crippen molar-refractivity contribution in [2.24, 2.45) is 0 Å². The molecule has 5 aromatic carbocycles. The fraction of sp³-hybridized carbons (Fsp3) is 0.0909. The van der Waals surface area contributed by atoms with Gasteiger partial charge in [0.15, 0.2) is 0 Å². The molecule has 0 aliphatic carbocycles. The van der Waals surface area contributed by atoms with Crippen LogP contribution < -0.4 is 4.90 Å². The van der Waals surface area contributed by atoms with Gasteiger partial charge in [-0.3, -0.25) is 0 Å². The van der Waals surface area contributed by atoms with Crippen molar-refractivity contribution in [1.29, 1.82) is 0 Å². The number of benzene rings is 5. The summed E-state index contributed by atoms with van der Waals surface area (Å²) in [6.45, 7) is 4.65. The van der Waals surface area contributed by atoms with Gasteiger partial charge < -0.3 is 9.47 Å². The van der Waals surface area contributed by atoms with Crippen molar-refractivity contribution in [2.75, 3.05) is 4.90 Å². The molecule has 0 saturated carbocycles. The fourth-order valence-electron chi connectivity index (χ4n) is 5.90. The largest absolute Gasteiger partial charge is 0.310 e. The van der Waals surface area contributed by atoms with Crippen LogP contribution in [0.3, 0.4) is 0 Å². The van der Waals surface area contributed by atoms with Crippen LogP contribution in [-0.4, -0.2) is 4.57 Å². The van der Waals surface area contributed by atoms with Crippen LogP contribution in [-0.2, 0) is 5.41 Å². The van der Waals surface area contributed by atoms with Crippen LogP contribution >= 0.6 is 0 Å². The minimum atomic E-state index is -0.0490. The Morgan fingerprint density at radius 1 is 0.457 bits per heavy atom. The molecule has 0 unspecified atom stereocenters. The van der Waals surface area contributed by atoms with Crippen LogP contribution in [0.15, 0.2) is 121 Å². The first-order chi connectivity index (χ1) is 17.1. The molecule has 0 amide bonds. The summed E-state index contributed by atoms with van der Waals surface area (Å²) < 4.78 is 2.37. The Labute approximate surface area is 205 Å². The lowest BCUT2D eigenvalue weighted by molar-refractivity contribution is 0.632. The lowest BCUT2D eigenvalue weighted by Crippen LogP contribution is -2.30. The van der Waals surface area contributed by atoms with Crippen LogP contribution in [0.2, 0.25) is 0 Å². The van der Waals surface area contributed by atoms with Gasteiger partial charge in [0.2, 0.25) is 0 Å². The number of rotatable bonds is 2. The molecular weight excluding hydrogens is 424 g/mol. The number of fused-ring (bicyclic) bond motifs is 5. The summed E-state index contributed by atoms with van der Waals surface area (Å²) in [5.74, 6) is 0. The number of anilines is 3. The highest BCUT2D eigenvalue weighted by atomic mass is 15.2. The number of hydrogen-bond donors (Lipinski definition) is 0. The summed E-state index contributed by atoms with van der Waals surface area (Å²) in [4.78, 5) is 2.41. The van der Waals surface area contributed by atoms with E-state index >= 15 is 0 Å². The number of hydrogen-bond acceptors (Lipinski definition) is 1. The molecule has 0 N–H and O–H groups in total. The van der Waals surface area contributed by atoms with E-state index in [1.165, 1.54) is 55.7 Å². The van der Waals surface area contributed by atoms with Gasteiger partial charge >= 0.3 is 0 Å². The third kappa shape index (κ3) is 2.83. The van der Waals surface area contributed by atoms with Gasteiger partial charge in [0, 0.05) is 27.6 Å². The SMILES string of the molecule is CC1(C)c2ccccc2N(c2ccc(-n3c4ccccc4c4ccccc43)cc2)c2ccccc21. The van der Waals surface area contributed by atoms with E-state index in [0.29, 0.717) is 0 Å². The third-order valence-corrected chi connectivity index (χ3v) is 7.58. The fourth-order valence-corrected chi connectivity index (χ4v) is 5.90. The van der Waals surface area contributed by atoms with Gasteiger partial charge in [-0.1, -0.05) is 86.6 Å². The molecule has 0 bridgehead atoms. The Kier molecular flexibility index (Phi) is 4.22. The zero-order valence-corrected chi connectivity index (χ0v) is 19.9. The molecule has 1 aliphatic heterocycles. The highest BCUT2D eigenvalue weighted by Crippen LogP contribution is 2.51. The van der Waals surface area contributed by atoms with Crippen molar-refractivity contribution >= 4 is 38.9 Å². The zero-order valence-electron chi connectivity index (χ0n) is 19.9. The van der Waals surface area contributed by atoms with E-state index in [9.17, 15) is 0 Å². The van der Waals surface area contributed by atoms with Crippen molar-refractivity contribution in [1.82, 2.24) is 4.57 Å². The Morgan fingerprint density at radius 3 is 1.43 bits per heavy atom. The third-order valence-electron chi connectivity index (χ3n) is 7.58. The monoisotopic (exact) mass is 450 g/mol. The second kappa shape index (κ2) is 7.35. The molecule has 1 aromatic heterocycles. The van der Waals surface area contributed by atoms with Crippen LogP contribution in [0.4, 0.5) is 17.1 Å². The van der Waals surface area contributed by atoms with E-state index in [1.807, 2.05) is 0 Å². The summed E-state index contributed by atoms with van der Waals surface area (Å²) in [5, 5.41) is 2.57. The van der Waals surface area contributed by atoms with Gasteiger partial charge in [0.1, 0.15) is 0 Å². The molecule has 0 spiro atoms. The highest BCUT2D eigenvalue weighted by molar-refractivity contribution is 6.09. The van der Waals surface area contributed by atoms with Gasteiger partial charge in [-0.2, -0.15) is 0 Å². The van der Waals surface area contributed by atoms with E-state index < -0.39 is 0 Å². The Bertz CT molecular complexity index is 1620. The first-order valence-electron chi connectivity index (χ1n) is 12.2. The zero-order chi connectivity index (χ0) is 23.6. The normalized spacial score (nSPS) is 14.2. The molecule has 0 fully saturated rings. The molecule has 2 nitrogen and oxygen atoms in total. The van der Waals surface area contributed by atoms with Gasteiger partial charge in [0.05, 0.1) is 22.4 Å². The standard InChI is InChI=1S/C33H26N2/c1-33(2)27-13-5-9-17-31(27)35(32-18-10-6-14-28(32)33)24-21-19-23(20-22-24)34-29-15-7-3-11-25(29)26-12-4-8-16-30(26)34/h3-22H,1-2H3. The Balaban J connectivity index is 1.41. The molecule has 0 atom stereocenters. The molecule has 2 heterocycles. The van der Waals surface area contributed by atoms with Gasteiger partial charge in [-0.15, -0.1) is 0 Å². The van der Waals surface area contributed by atoms with Crippen LogP contribution in [0.25, 0.3) is 27.5 Å². The minimum absolute atomic E-state index is 0.0490. The van der Waals surface area contributed by atoms with Crippen molar-refractivity contribution in [3.05, 3.63) is 132 Å². The smallest absolute Gasteiger partial charge is 0.0541 e. The van der Waals surface area contributed by atoms with Gasteiger partial charge in [-0.05, 0) is 59.7 Å². The first-order valence-corrected chi connectivity index (χ1v) is 12.2. The predicted octanol–water partition coefficient (Wildman–Crippen LogP) is 8.89. The molecular formula is C33H26N2. The maximum Gasteiger partial charge on any atom is 0.0541 e. The molecule has 7 rings (SSSR count). The lowest BCUT2D eigenvalue weighted by atomic mass is 9.73. The van der Waals surface area contributed by atoms with E-state index in [2.05, 4.69) is 145 Å². The molecule has 0 radical (unpaired) electrons. The summed E-state index contributed by atoms with van der Waals surface area (Å²) in [6, 6.07) is 43.9. The molecule has 1 aliphatic rings. The predicted molar refractivity (Wildman–Crippen MR) is 148 cm³/mol. The van der Waals surface area contributed by atoms with Gasteiger partial charge in [0.25, 0.3) is 0 Å². The summed E-state index contributed by atoms with van der Waals surface area (Å²) in [7, 11) is 0. The summed E-state index contributed by atoms with van der Waals surface area (Å²) >= 11 is 0. The second-order valence-corrected chi connectivity index (χ2v) is 9.88. The van der Waals surface area contributed by atoms with Crippen molar-refractivity contribution < 1.29 is 0 Å². The topological polar surface area (TPSA) is 8.17 Å². The van der Waals surface area contributed by atoms with Crippen molar-refractivity contribution in [3.8, 4) is 5.69 Å². The van der Waals surface area contributed by atoms with Gasteiger partial charge in [-0.25, -0.2) is 0 Å². The Hall–Kier alpha value is -4.30. The molecule has 0 saturated heterocycles. The lowest BCUT2D eigenvalue weighted by Gasteiger charge is -2.42. The van der Waals surface area contributed by atoms with E-state index in [0.717, 1.165) is 0 Å². The van der Waals surface area contributed by atoms with Crippen LogP contribution in [0, 0.1) is 0 Å². The highest BCUT2D eigenvalue weighted by Gasteiger charge is 2.36. The molecule has 168 valence electrons. The number of nitrogens with zero attached hydrogens (tertiary/aromatic N) is 2. The quantitative estimate of drug-likeness (QED) is 0.256. The van der Waals surface area contributed by atoms with Crippen LogP contribution in [0.5, 0.6) is 0 Å². The first kappa shape index (κ1) is 20.1. The average molecular weight is 451 g/mol. The van der Waals surface area contributed by atoms with E-state index in [1.54, 1.807) is 0 Å². The number of para-hydroxylation sites is 4. The summed E-state index contributed by atoms with van der Waals surface area (Å²) in [6.07, 6.45) is 0. The second-order valence-electron chi connectivity index (χ2n) is 9.88. The van der Waals surface area contributed by atoms with Crippen LogP contribution in [0.1, 0.15) is 25.0 Å².